The maximum atomic E-state index is 11.1. The number of rotatable bonds is 11. The predicted octanol–water partition coefficient (Wildman–Crippen LogP) is 2.66. The van der Waals surface area contributed by atoms with Crippen LogP contribution in [-0.2, 0) is 14.3 Å². The minimum absolute atomic E-state index is 0.148. The Kier molecular flexibility index (Phi) is 11.3. The lowest BCUT2D eigenvalue weighted by Gasteiger charge is -2.02. The van der Waals surface area contributed by atoms with E-state index in [4.69, 9.17) is 9.84 Å². The van der Waals surface area contributed by atoms with Gasteiger partial charge < -0.3 is 9.84 Å². The second-order valence-electron chi connectivity index (χ2n) is 3.96. The van der Waals surface area contributed by atoms with Gasteiger partial charge in [0.25, 0.3) is 0 Å². The Morgan fingerprint density at radius 1 is 0.941 bits per heavy atom. The highest BCUT2D eigenvalue weighted by Crippen LogP contribution is 2.09. The molecular formula is C12H22O4S. The Labute approximate surface area is 108 Å². The number of carbonyl (C=O) groups excluding carboxylic acids is 1. The van der Waals surface area contributed by atoms with E-state index in [1.807, 2.05) is 0 Å². The monoisotopic (exact) mass is 262 g/mol. The number of unbranched alkanes of at least 4 members (excludes halogenated alkanes) is 5. The Balaban J connectivity index is 3.12. The van der Waals surface area contributed by atoms with Crippen molar-refractivity contribution in [1.82, 2.24) is 0 Å². The second-order valence-corrected chi connectivity index (χ2v) is 4.41. The van der Waals surface area contributed by atoms with Gasteiger partial charge in [0.05, 0.1) is 0 Å². The molecule has 5 heteroatoms. The summed E-state index contributed by atoms with van der Waals surface area (Å²) in [5, 5.41) is 8.43. The van der Waals surface area contributed by atoms with Gasteiger partial charge in [-0.05, 0) is 12.8 Å². The largest absolute Gasteiger partial charge is 0.481 e. The molecule has 4 nitrogen and oxygen atoms in total. The Morgan fingerprint density at radius 2 is 1.47 bits per heavy atom. The summed E-state index contributed by atoms with van der Waals surface area (Å²) in [5.41, 5.74) is 0. The van der Waals surface area contributed by atoms with Gasteiger partial charge >= 0.3 is 11.9 Å². The van der Waals surface area contributed by atoms with Crippen LogP contribution in [0, 0.1) is 0 Å². The van der Waals surface area contributed by atoms with Crippen molar-refractivity contribution in [2.75, 3.05) is 12.4 Å². The summed E-state index contributed by atoms with van der Waals surface area (Å²) in [6.07, 6.45) is 6.39. The van der Waals surface area contributed by atoms with Crippen molar-refractivity contribution >= 4 is 24.6 Å². The van der Waals surface area contributed by atoms with E-state index >= 15 is 0 Å². The third kappa shape index (κ3) is 13.2. The number of ether oxygens (including phenoxy) is 1. The SMILES string of the molecule is O=C(O)CCCCCCCCC(=O)OCCS. The highest BCUT2D eigenvalue weighted by atomic mass is 32.1. The minimum atomic E-state index is -0.725. The normalized spacial score (nSPS) is 10.2. The second kappa shape index (κ2) is 11.8. The molecule has 100 valence electrons. The van der Waals surface area contributed by atoms with Crippen molar-refractivity contribution in [1.29, 1.82) is 0 Å². The molecule has 0 atom stereocenters. The highest BCUT2D eigenvalue weighted by molar-refractivity contribution is 7.80. The average Bonchev–Trinajstić information content (AvgIpc) is 2.29. The molecule has 0 aliphatic heterocycles. The maximum absolute atomic E-state index is 11.1. The number of hydrogen-bond donors (Lipinski definition) is 2. The molecule has 0 saturated heterocycles. The van der Waals surface area contributed by atoms with Crippen LogP contribution in [0.15, 0.2) is 0 Å². The molecule has 17 heavy (non-hydrogen) atoms. The molecule has 0 aliphatic rings. The summed E-state index contributed by atoms with van der Waals surface area (Å²) in [7, 11) is 0. The predicted molar refractivity (Wildman–Crippen MR) is 69.4 cm³/mol. The molecule has 0 rings (SSSR count). The lowest BCUT2D eigenvalue weighted by Crippen LogP contribution is -2.06. The van der Waals surface area contributed by atoms with E-state index in [0.717, 1.165) is 38.5 Å². The molecule has 0 heterocycles. The molecule has 1 N–H and O–H groups in total. The number of aliphatic carboxylic acids is 1. The van der Waals surface area contributed by atoms with E-state index in [2.05, 4.69) is 12.6 Å². The first kappa shape index (κ1) is 16.3. The average molecular weight is 262 g/mol. The molecule has 0 aromatic rings. The van der Waals surface area contributed by atoms with Gasteiger partial charge in [-0.15, -0.1) is 0 Å². The molecule has 0 saturated carbocycles. The first-order valence-electron chi connectivity index (χ1n) is 6.15. The molecule has 0 amide bonds. The quantitative estimate of drug-likeness (QED) is 0.341. The number of carboxylic acid groups (broad SMARTS) is 1. The summed E-state index contributed by atoms with van der Waals surface area (Å²) >= 11 is 3.95. The van der Waals surface area contributed by atoms with Gasteiger partial charge in [-0.25, -0.2) is 0 Å². The van der Waals surface area contributed by atoms with Crippen LogP contribution in [-0.4, -0.2) is 29.4 Å². The fourth-order valence-electron chi connectivity index (χ4n) is 1.48. The molecule has 0 unspecified atom stereocenters. The molecule has 0 aromatic heterocycles. The zero-order valence-corrected chi connectivity index (χ0v) is 11.1. The zero-order chi connectivity index (χ0) is 12.9. The van der Waals surface area contributed by atoms with E-state index < -0.39 is 5.97 Å². The van der Waals surface area contributed by atoms with Crippen molar-refractivity contribution in [2.45, 2.75) is 51.4 Å². The van der Waals surface area contributed by atoms with Crippen molar-refractivity contribution in [3.63, 3.8) is 0 Å². The van der Waals surface area contributed by atoms with Gasteiger partial charge in [-0.1, -0.05) is 25.7 Å². The van der Waals surface area contributed by atoms with Crippen LogP contribution in [0.4, 0.5) is 0 Å². The van der Waals surface area contributed by atoms with Crippen molar-refractivity contribution in [3.8, 4) is 0 Å². The molecule has 0 aromatic carbocycles. The van der Waals surface area contributed by atoms with Crippen molar-refractivity contribution < 1.29 is 19.4 Å². The lowest BCUT2D eigenvalue weighted by atomic mass is 10.1. The van der Waals surface area contributed by atoms with Gasteiger partial charge in [0, 0.05) is 18.6 Å². The molecule has 0 radical (unpaired) electrons. The van der Waals surface area contributed by atoms with E-state index in [0.29, 0.717) is 18.8 Å². The third-order valence-electron chi connectivity index (χ3n) is 2.38. The van der Waals surface area contributed by atoms with Crippen LogP contribution in [0.2, 0.25) is 0 Å². The smallest absolute Gasteiger partial charge is 0.305 e. The number of carboxylic acids is 1. The van der Waals surface area contributed by atoms with Gasteiger partial charge in [-0.3, -0.25) is 9.59 Å². The standard InChI is InChI=1S/C12H22O4S/c13-11(14)7-5-3-1-2-4-6-8-12(15)16-9-10-17/h17H,1-10H2,(H,13,14). The lowest BCUT2D eigenvalue weighted by molar-refractivity contribution is -0.143. The molecule has 0 aliphatic carbocycles. The third-order valence-corrected chi connectivity index (χ3v) is 2.56. The van der Waals surface area contributed by atoms with Crippen LogP contribution in [0.25, 0.3) is 0 Å². The van der Waals surface area contributed by atoms with Gasteiger partial charge in [0.1, 0.15) is 6.61 Å². The van der Waals surface area contributed by atoms with Gasteiger partial charge in [-0.2, -0.15) is 12.6 Å². The number of esters is 1. The van der Waals surface area contributed by atoms with E-state index in [1.165, 1.54) is 0 Å². The van der Waals surface area contributed by atoms with E-state index in [9.17, 15) is 9.59 Å². The summed E-state index contributed by atoms with van der Waals surface area (Å²) in [4.78, 5) is 21.3. The topological polar surface area (TPSA) is 63.6 Å². The fourth-order valence-corrected chi connectivity index (χ4v) is 1.58. The summed E-state index contributed by atoms with van der Waals surface area (Å²) in [6, 6.07) is 0. The van der Waals surface area contributed by atoms with E-state index in [1.54, 1.807) is 0 Å². The first-order chi connectivity index (χ1) is 8.16. The number of thiol groups is 1. The molecule has 0 spiro atoms. The Morgan fingerprint density at radius 3 is 2.00 bits per heavy atom. The number of hydrogen-bond acceptors (Lipinski definition) is 4. The summed E-state index contributed by atoms with van der Waals surface area (Å²) < 4.78 is 4.88. The van der Waals surface area contributed by atoms with Crippen LogP contribution < -0.4 is 0 Å². The van der Waals surface area contributed by atoms with Gasteiger partial charge in [0.15, 0.2) is 0 Å². The maximum Gasteiger partial charge on any atom is 0.305 e. The van der Waals surface area contributed by atoms with Crippen molar-refractivity contribution in [3.05, 3.63) is 0 Å². The van der Waals surface area contributed by atoms with Gasteiger partial charge in [0.2, 0.25) is 0 Å². The van der Waals surface area contributed by atoms with Crippen LogP contribution in [0.5, 0.6) is 0 Å². The van der Waals surface area contributed by atoms with Crippen LogP contribution in [0.3, 0.4) is 0 Å². The molecular weight excluding hydrogens is 240 g/mol. The van der Waals surface area contributed by atoms with Crippen LogP contribution in [0.1, 0.15) is 51.4 Å². The zero-order valence-electron chi connectivity index (χ0n) is 10.2. The fraction of sp³-hybridized carbons (Fsp3) is 0.833. The van der Waals surface area contributed by atoms with Crippen molar-refractivity contribution in [2.24, 2.45) is 0 Å². The first-order valence-corrected chi connectivity index (χ1v) is 6.78. The number of carbonyl (C=O) groups is 2. The molecule has 0 fully saturated rings. The minimum Gasteiger partial charge on any atom is -0.481 e. The molecule has 0 bridgehead atoms. The summed E-state index contributed by atoms with van der Waals surface area (Å²) in [5.74, 6) is -0.308. The Bertz CT molecular complexity index is 219. The van der Waals surface area contributed by atoms with E-state index in [-0.39, 0.29) is 12.4 Å². The van der Waals surface area contributed by atoms with Crippen LogP contribution >= 0.6 is 12.6 Å². The Hall–Kier alpha value is -0.710. The highest BCUT2D eigenvalue weighted by Gasteiger charge is 2.01. The summed E-state index contributed by atoms with van der Waals surface area (Å²) in [6.45, 7) is 0.386.